The van der Waals surface area contributed by atoms with Crippen molar-refractivity contribution in [2.75, 3.05) is 17.3 Å². The number of carbonyl (C=O) groups excluding carboxylic acids is 1. The molecule has 27 heavy (non-hydrogen) atoms. The standard InChI is InChI=1S/C18H13FN4O2S2/c1-23(18-21-13-7-2-3-8-14(13)26-18)17(24)22-16-20-10-15(27-16)25-12-6-4-5-11(19)9-12/h2-10H,1H3,(H,20,22,24). The molecule has 0 unspecified atom stereocenters. The Bertz CT molecular complexity index is 1080. The minimum atomic E-state index is -0.386. The average Bonchev–Trinajstić information content (AvgIpc) is 3.27. The van der Waals surface area contributed by atoms with Crippen LogP contribution in [-0.2, 0) is 0 Å². The van der Waals surface area contributed by atoms with Gasteiger partial charge >= 0.3 is 6.03 Å². The van der Waals surface area contributed by atoms with Crippen molar-refractivity contribution in [1.82, 2.24) is 9.97 Å². The summed E-state index contributed by atoms with van der Waals surface area (Å²) in [7, 11) is 1.64. The van der Waals surface area contributed by atoms with Gasteiger partial charge in [0.2, 0.25) is 5.06 Å². The van der Waals surface area contributed by atoms with E-state index in [9.17, 15) is 9.18 Å². The summed E-state index contributed by atoms with van der Waals surface area (Å²) in [5.74, 6) is -0.0221. The Balaban J connectivity index is 1.44. The van der Waals surface area contributed by atoms with E-state index in [1.807, 2.05) is 24.3 Å². The molecule has 0 saturated heterocycles. The number of hydrogen-bond acceptors (Lipinski definition) is 6. The molecule has 136 valence electrons. The summed E-state index contributed by atoms with van der Waals surface area (Å²) < 4.78 is 19.8. The number of halogens is 1. The normalized spacial score (nSPS) is 10.7. The van der Waals surface area contributed by atoms with Crippen molar-refractivity contribution in [2.45, 2.75) is 0 Å². The highest BCUT2D eigenvalue weighted by Crippen LogP contribution is 2.32. The first-order valence-corrected chi connectivity index (χ1v) is 9.51. The van der Waals surface area contributed by atoms with Crippen molar-refractivity contribution < 1.29 is 13.9 Å². The molecular formula is C18H13FN4O2S2. The number of hydrogen-bond donors (Lipinski definition) is 1. The largest absolute Gasteiger partial charge is 0.445 e. The number of ether oxygens (including phenoxy) is 1. The number of thiazole rings is 2. The molecule has 0 bridgehead atoms. The van der Waals surface area contributed by atoms with Crippen LogP contribution in [0.4, 0.5) is 19.4 Å². The lowest BCUT2D eigenvalue weighted by atomic mass is 10.3. The van der Waals surface area contributed by atoms with Gasteiger partial charge in [0.25, 0.3) is 0 Å². The van der Waals surface area contributed by atoms with Crippen LogP contribution in [0.2, 0.25) is 0 Å². The molecule has 0 aliphatic rings. The Morgan fingerprint density at radius 3 is 2.85 bits per heavy atom. The highest BCUT2D eigenvalue weighted by Gasteiger charge is 2.17. The Morgan fingerprint density at radius 2 is 2.04 bits per heavy atom. The SMILES string of the molecule is CN(C(=O)Nc1ncc(Oc2cccc(F)c2)s1)c1nc2ccccc2s1. The third-order valence-corrected chi connectivity index (χ3v) is 5.49. The van der Waals surface area contributed by atoms with Gasteiger partial charge < -0.3 is 4.74 Å². The minimum absolute atomic E-state index is 0.360. The molecule has 4 rings (SSSR count). The molecule has 0 atom stereocenters. The summed E-state index contributed by atoms with van der Waals surface area (Å²) in [6, 6.07) is 13.1. The molecule has 9 heteroatoms. The van der Waals surface area contributed by atoms with Gasteiger partial charge in [-0.1, -0.05) is 40.9 Å². The van der Waals surface area contributed by atoms with E-state index in [1.165, 1.54) is 34.6 Å². The molecule has 4 aromatic rings. The molecule has 0 fully saturated rings. The Morgan fingerprint density at radius 1 is 1.19 bits per heavy atom. The maximum atomic E-state index is 13.2. The zero-order chi connectivity index (χ0) is 18.8. The Hall–Kier alpha value is -3.04. The number of para-hydroxylation sites is 1. The van der Waals surface area contributed by atoms with Crippen molar-refractivity contribution in [3.8, 4) is 10.8 Å². The van der Waals surface area contributed by atoms with E-state index in [4.69, 9.17) is 4.74 Å². The highest BCUT2D eigenvalue weighted by atomic mass is 32.1. The predicted molar refractivity (Wildman–Crippen MR) is 106 cm³/mol. The van der Waals surface area contributed by atoms with Crippen LogP contribution in [0.3, 0.4) is 0 Å². The van der Waals surface area contributed by atoms with Gasteiger partial charge in [-0.05, 0) is 24.3 Å². The monoisotopic (exact) mass is 400 g/mol. The van der Waals surface area contributed by atoms with Crippen molar-refractivity contribution in [1.29, 1.82) is 0 Å². The van der Waals surface area contributed by atoms with E-state index in [0.717, 1.165) is 21.6 Å². The van der Waals surface area contributed by atoms with Gasteiger partial charge in [-0.2, -0.15) is 0 Å². The Labute approximate surface area is 161 Å². The molecule has 1 N–H and O–H groups in total. The number of nitrogens with zero attached hydrogens (tertiary/aromatic N) is 3. The molecule has 0 radical (unpaired) electrons. The number of urea groups is 1. The topological polar surface area (TPSA) is 67.4 Å². The first kappa shape index (κ1) is 17.4. The van der Waals surface area contributed by atoms with Gasteiger partial charge in [0, 0.05) is 13.1 Å². The fourth-order valence-corrected chi connectivity index (χ4v) is 3.88. The second-order valence-electron chi connectivity index (χ2n) is 5.50. The van der Waals surface area contributed by atoms with Crippen LogP contribution in [0.1, 0.15) is 0 Å². The number of amides is 2. The van der Waals surface area contributed by atoms with Crippen LogP contribution in [0.25, 0.3) is 10.2 Å². The summed E-state index contributed by atoms with van der Waals surface area (Å²) in [4.78, 5) is 22.5. The molecule has 2 aromatic heterocycles. The van der Waals surface area contributed by atoms with Crippen LogP contribution in [-0.4, -0.2) is 23.0 Å². The van der Waals surface area contributed by atoms with Gasteiger partial charge in [-0.25, -0.2) is 19.2 Å². The summed E-state index contributed by atoms with van der Waals surface area (Å²) in [5, 5.41) is 4.11. The number of benzene rings is 2. The summed E-state index contributed by atoms with van der Waals surface area (Å²) in [5.41, 5.74) is 0.845. The molecule has 2 aromatic carbocycles. The first-order chi connectivity index (χ1) is 13.1. The Kier molecular flexibility index (Phi) is 4.69. The molecule has 6 nitrogen and oxygen atoms in total. The number of anilines is 2. The summed E-state index contributed by atoms with van der Waals surface area (Å²) >= 11 is 2.58. The fourth-order valence-electron chi connectivity index (χ4n) is 2.28. The van der Waals surface area contributed by atoms with Crippen molar-refractivity contribution in [3.63, 3.8) is 0 Å². The second-order valence-corrected chi connectivity index (χ2v) is 7.50. The molecule has 0 spiro atoms. The number of nitrogens with one attached hydrogen (secondary N) is 1. The lowest BCUT2D eigenvalue weighted by Gasteiger charge is -2.13. The molecule has 2 amide bonds. The van der Waals surface area contributed by atoms with Gasteiger partial charge in [-0.3, -0.25) is 10.2 Å². The summed E-state index contributed by atoms with van der Waals surface area (Å²) in [6.45, 7) is 0. The fraction of sp³-hybridized carbons (Fsp3) is 0.0556. The van der Waals surface area contributed by atoms with E-state index in [-0.39, 0.29) is 11.8 Å². The maximum Gasteiger partial charge on any atom is 0.329 e. The van der Waals surface area contributed by atoms with Crippen LogP contribution < -0.4 is 15.0 Å². The second kappa shape index (κ2) is 7.29. The van der Waals surface area contributed by atoms with Gasteiger partial charge in [-0.15, -0.1) is 0 Å². The number of fused-ring (bicyclic) bond motifs is 1. The molecule has 2 heterocycles. The van der Waals surface area contributed by atoms with Gasteiger partial charge in [0.1, 0.15) is 11.6 Å². The van der Waals surface area contributed by atoms with Crippen molar-refractivity contribution in [3.05, 3.63) is 60.5 Å². The number of rotatable bonds is 4. The smallest absolute Gasteiger partial charge is 0.329 e. The van der Waals surface area contributed by atoms with E-state index in [1.54, 1.807) is 19.2 Å². The van der Waals surface area contributed by atoms with Crippen LogP contribution in [0, 0.1) is 5.82 Å². The first-order valence-electron chi connectivity index (χ1n) is 7.88. The number of carbonyl (C=O) groups is 1. The average molecular weight is 400 g/mol. The zero-order valence-corrected chi connectivity index (χ0v) is 15.7. The maximum absolute atomic E-state index is 13.2. The zero-order valence-electron chi connectivity index (χ0n) is 14.0. The lowest BCUT2D eigenvalue weighted by Crippen LogP contribution is -2.30. The lowest BCUT2D eigenvalue weighted by molar-refractivity contribution is 0.258. The minimum Gasteiger partial charge on any atom is -0.445 e. The van der Waals surface area contributed by atoms with Crippen LogP contribution in [0.15, 0.2) is 54.7 Å². The highest BCUT2D eigenvalue weighted by molar-refractivity contribution is 7.22. The molecule has 0 saturated carbocycles. The molecule has 0 aliphatic heterocycles. The predicted octanol–water partition coefficient (Wildman–Crippen LogP) is 5.35. The van der Waals surface area contributed by atoms with Crippen molar-refractivity contribution >= 4 is 49.2 Å². The summed E-state index contributed by atoms with van der Waals surface area (Å²) in [6.07, 6.45) is 1.48. The molecular weight excluding hydrogens is 387 g/mol. The van der Waals surface area contributed by atoms with Crippen molar-refractivity contribution in [2.24, 2.45) is 0 Å². The van der Waals surface area contributed by atoms with Crippen LogP contribution in [0.5, 0.6) is 10.8 Å². The number of aromatic nitrogens is 2. The third-order valence-electron chi connectivity index (χ3n) is 3.59. The van der Waals surface area contributed by atoms with E-state index in [2.05, 4.69) is 15.3 Å². The van der Waals surface area contributed by atoms with E-state index < -0.39 is 0 Å². The quantitative estimate of drug-likeness (QED) is 0.501. The van der Waals surface area contributed by atoms with Crippen LogP contribution >= 0.6 is 22.7 Å². The van der Waals surface area contributed by atoms with E-state index in [0.29, 0.717) is 21.1 Å². The third kappa shape index (κ3) is 3.88. The molecule has 0 aliphatic carbocycles. The van der Waals surface area contributed by atoms with Gasteiger partial charge in [0.15, 0.2) is 10.3 Å². The van der Waals surface area contributed by atoms with Gasteiger partial charge in [0.05, 0.1) is 16.4 Å². The van der Waals surface area contributed by atoms with E-state index >= 15 is 0 Å².